The van der Waals surface area contributed by atoms with Gasteiger partial charge in [0.1, 0.15) is 5.75 Å². The Morgan fingerprint density at radius 2 is 2.14 bits per heavy atom. The third-order valence-electron chi connectivity index (χ3n) is 1.67. The van der Waals surface area contributed by atoms with Gasteiger partial charge in [-0.3, -0.25) is 4.79 Å². The van der Waals surface area contributed by atoms with E-state index in [9.17, 15) is 9.90 Å². The summed E-state index contributed by atoms with van der Waals surface area (Å²) in [6, 6.07) is 3.38. The van der Waals surface area contributed by atoms with Gasteiger partial charge >= 0.3 is 5.97 Å². The molecule has 5 heteroatoms. The van der Waals surface area contributed by atoms with Crippen molar-refractivity contribution < 1.29 is 14.6 Å². The molecular weight excluding hydrogens is 316 g/mol. The van der Waals surface area contributed by atoms with E-state index in [-0.39, 0.29) is 18.1 Å². The standard InChI is InChI=1S/C9H8Br2O3/c1-14-8(12)3-5-2-6(10)4-7(11)9(5)13/h2,4,13H,3H2,1H3. The molecule has 0 aromatic heterocycles. The zero-order chi connectivity index (χ0) is 10.7. The number of phenols is 1. The summed E-state index contributed by atoms with van der Waals surface area (Å²) in [4.78, 5) is 11.0. The molecule has 1 aromatic carbocycles. The lowest BCUT2D eigenvalue weighted by Crippen LogP contribution is -2.04. The number of carbonyl (C=O) groups excluding carboxylic acids is 1. The number of methoxy groups -OCH3 is 1. The molecule has 0 saturated heterocycles. The molecule has 1 rings (SSSR count). The Morgan fingerprint density at radius 3 is 2.71 bits per heavy atom. The van der Waals surface area contributed by atoms with Gasteiger partial charge in [0.25, 0.3) is 0 Å². The lowest BCUT2D eigenvalue weighted by atomic mass is 10.1. The van der Waals surface area contributed by atoms with Gasteiger partial charge in [-0.1, -0.05) is 15.9 Å². The van der Waals surface area contributed by atoms with Gasteiger partial charge in [0, 0.05) is 10.0 Å². The molecule has 1 aromatic rings. The number of rotatable bonds is 2. The molecule has 0 radical (unpaired) electrons. The Bertz CT molecular complexity index is 363. The summed E-state index contributed by atoms with van der Waals surface area (Å²) in [5, 5.41) is 9.59. The maximum absolute atomic E-state index is 11.0. The molecule has 0 aliphatic rings. The fraction of sp³-hybridized carbons (Fsp3) is 0.222. The van der Waals surface area contributed by atoms with Crippen LogP contribution in [0.15, 0.2) is 21.1 Å². The van der Waals surface area contributed by atoms with Gasteiger partial charge in [-0.2, -0.15) is 0 Å². The van der Waals surface area contributed by atoms with Crippen molar-refractivity contribution in [2.75, 3.05) is 7.11 Å². The Labute approximate surface area is 98.3 Å². The van der Waals surface area contributed by atoms with Crippen LogP contribution in [0, 0.1) is 0 Å². The van der Waals surface area contributed by atoms with Gasteiger partial charge in [-0.25, -0.2) is 0 Å². The number of phenolic OH excluding ortho intramolecular Hbond substituents is 1. The lowest BCUT2D eigenvalue weighted by molar-refractivity contribution is -0.139. The molecular formula is C9H8Br2O3. The number of esters is 1. The van der Waals surface area contributed by atoms with E-state index in [2.05, 4.69) is 36.6 Å². The smallest absolute Gasteiger partial charge is 0.310 e. The van der Waals surface area contributed by atoms with Crippen molar-refractivity contribution in [1.29, 1.82) is 0 Å². The second-order valence-corrected chi connectivity index (χ2v) is 4.42. The molecule has 3 nitrogen and oxygen atoms in total. The van der Waals surface area contributed by atoms with E-state index in [1.807, 2.05) is 0 Å². The van der Waals surface area contributed by atoms with Crippen LogP contribution in [0.3, 0.4) is 0 Å². The van der Waals surface area contributed by atoms with Gasteiger partial charge in [0.05, 0.1) is 18.0 Å². The highest BCUT2D eigenvalue weighted by Crippen LogP contribution is 2.31. The maximum atomic E-state index is 11.0. The zero-order valence-electron chi connectivity index (χ0n) is 7.38. The first-order chi connectivity index (χ1) is 6.54. The molecule has 0 unspecified atom stereocenters. The van der Waals surface area contributed by atoms with Crippen molar-refractivity contribution >= 4 is 37.8 Å². The Hall–Kier alpha value is -0.550. The molecule has 0 atom stereocenters. The number of hydrogen-bond acceptors (Lipinski definition) is 3. The molecule has 0 spiro atoms. The summed E-state index contributed by atoms with van der Waals surface area (Å²) >= 11 is 6.44. The van der Waals surface area contributed by atoms with Crippen molar-refractivity contribution in [3.63, 3.8) is 0 Å². The van der Waals surface area contributed by atoms with Crippen molar-refractivity contribution in [2.45, 2.75) is 6.42 Å². The van der Waals surface area contributed by atoms with Crippen LogP contribution in [-0.4, -0.2) is 18.2 Å². The normalized spacial score (nSPS) is 9.93. The predicted molar refractivity (Wildman–Crippen MR) is 59.2 cm³/mol. The summed E-state index contributed by atoms with van der Waals surface area (Å²) in [5.74, 6) is -0.316. The van der Waals surface area contributed by atoms with Crippen molar-refractivity contribution in [3.05, 3.63) is 26.6 Å². The summed E-state index contributed by atoms with van der Waals surface area (Å²) in [6.45, 7) is 0. The van der Waals surface area contributed by atoms with Crippen LogP contribution < -0.4 is 0 Å². The first kappa shape index (κ1) is 11.5. The van der Waals surface area contributed by atoms with Crippen LogP contribution in [0.5, 0.6) is 5.75 Å². The molecule has 0 fully saturated rings. The van der Waals surface area contributed by atoms with Gasteiger partial charge < -0.3 is 9.84 Å². The second-order valence-electron chi connectivity index (χ2n) is 2.65. The Kier molecular flexibility index (Phi) is 3.95. The fourth-order valence-corrected chi connectivity index (χ4v) is 2.30. The summed E-state index contributed by atoms with van der Waals surface area (Å²) < 4.78 is 5.85. The predicted octanol–water partition coefficient (Wildman–Crippen LogP) is 2.63. The lowest BCUT2D eigenvalue weighted by Gasteiger charge is -2.05. The molecule has 0 heterocycles. The maximum Gasteiger partial charge on any atom is 0.310 e. The van der Waals surface area contributed by atoms with Crippen LogP contribution in [0.1, 0.15) is 5.56 Å². The number of halogens is 2. The van der Waals surface area contributed by atoms with E-state index in [4.69, 9.17) is 0 Å². The molecule has 0 aliphatic carbocycles. The van der Waals surface area contributed by atoms with Crippen LogP contribution in [0.2, 0.25) is 0 Å². The molecule has 1 N–H and O–H groups in total. The van der Waals surface area contributed by atoms with Gasteiger partial charge in [-0.15, -0.1) is 0 Å². The molecule has 14 heavy (non-hydrogen) atoms. The summed E-state index contributed by atoms with van der Waals surface area (Å²) in [7, 11) is 1.31. The first-order valence-electron chi connectivity index (χ1n) is 3.78. The third kappa shape index (κ3) is 2.72. The quantitative estimate of drug-likeness (QED) is 0.851. The topological polar surface area (TPSA) is 46.5 Å². The van der Waals surface area contributed by atoms with Gasteiger partial charge in [-0.05, 0) is 28.1 Å². The average molecular weight is 324 g/mol. The van der Waals surface area contributed by atoms with Crippen LogP contribution in [0.4, 0.5) is 0 Å². The van der Waals surface area contributed by atoms with E-state index >= 15 is 0 Å². The number of benzene rings is 1. The summed E-state index contributed by atoms with van der Waals surface area (Å²) in [5.41, 5.74) is 0.526. The third-order valence-corrected chi connectivity index (χ3v) is 2.73. The van der Waals surface area contributed by atoms with E-state index in [1.165, 1.54) is 7.11 Å². The highest BCUT2D eigenvalue weighted by atomic mass is 79.9. The van der Waals surface area contributed by atoms with Gasteiger partial charge in [0.2, 0.25) is 0 Å². The minimum atomic E-state index is -0.384. The first-order valence-corrected chi connectivity index (χ1v) is 5.37. The molecule has 0 saturated carbocycles. The van der Waals surface area contributed by atoms with E-state index in [0.717, 1.165) is 4.47 Å². The molecule has 76 valence electrons. The molecule has 0 amide bonds. The number of aromatic hydroxyl groups is 1. The zero-order valence-corrected chi connectivity index (χ0v) is 10.6. The number of hydrogen-bond donors (Lipinski definition) is 1. The second kappa shape index (κ2) is 4.79. The van der Waals surface area contributed by atoms with Crippen LogP contribution in [0.25, 0.3) is 0 Å². The highest BCUT2D eigenvalue weighted by molar-refractivity contribution is 9.11. The minimum Gasteiger partial charge on any atom is -0.506 e. The number of carbonyl (C=O) groups is 1. The SMILES string of the molecule is COC(=O)Cc1cc(Br)cc(Br)c1O. The Morgan fingerprint density at radius 1 is 1.50 bits per heavy atom. The highest BCUT2D eigenvalue weighted by Gasteiger charge is 2.11. The Balaban J connectivity index is 3.02. The van der Waals surface area contributed by atoms with Gasteiger partial charge in [0.15, 0.2) is 0 Å². The van der Waals surface area contributed by atoms with Crippen LogP contribution >= 0.6 is 31.9 Å². The van der Waals surface area contributed by atoms with Crippen molar-refractivity contribution in [1.82, 2.24) is 0 Å². The van der Waals surface area contributed by atoms with Crippen molar-refractivity contribution in [3.8, 4) is 5.75 Å². The monoisotopic (exact) mass is 322 g/mol. The largest absolute Gasteiger partial charge is 0.506 e. The average Bonchev–Trinajstić information content (AvgIpc) is 2.13. The van der Waals surface area contributed by atoms with Crippen molar-refractivity contribution in [2.24, 2.45) is 0 Å². The minimum absolute atomic E-state index is 0.0559. The molecule has 0 bridgehead atoms. The van der Waals surface area contributed by atoms with E-state index in [1.54, 1.807) is 12.1 Å². The summed E-state index contributed by atoms with van der Waals surface area (Å²) in [6.07, 6.45) is 0.0559. The fourth-order valence-electron chi connectivity index (χ4n) is 0.982. The molecule has 0 aliphatic heterocycles. The van der Waals surface area contributed by atoms with E-state index < -0.39 is 0 Å². The number of ether oxygens (including phenoxy) is 1. The van der Waals surface area contributed by atoms with Crippen LogP contribution in [-0.2, 0) is 16.0 Å². The van der Waals surface area contributed by atoms with E-state index in [0.29, 0.717) is 10.0 Å².